The summed E-state index contributed by atoms with van der Waals surface area (Å²) < 4.78 is 5.29. The smallest absolute Gasteiger partial charge is 0.191 e. The van der Waals surface area contributed by atoms with Gasteiger partial charge < -0.3 is 15.4 Å². The number of aryl methyl sites for hydroxylation is 1. The average molecular weight is 405 g/mol. The van der Waals surface area contributed by atoms with Gasteiger partial charge in [0.1, 0.15) is 5.75 Å². The Morgan fingerprint density at radius 1 is 1.19 bits per heavy atom. The first-order valence-electron chi connectivity index (χ1n) is 7.28. The van der Waals surface area contributed by atoms with Gasteiger partial charge in [-0.25, -0.2) is 0 Å². The molecule has 4 nitrogen and oxygen atoms in total. The normalized spacial score (nSPS) is 10.8. The average Bonchev–Trinajstić information content (AvgIpc) is 2.46. The van der Waals surface area contributed by atoms with Crippen LogP contribution in [0.5, 0.6) is 5.75 Å². The minimum atomic E-state index is 0. The highest BCUT2D eigenvalue weighted by Gasteiger charge is 2.01. The van der Waals surface area contributed by atoms with E-state index in [0.717, 1.165) is 24.8 Å². The van der Waals surface area contributed by atoms with Crippen molar-refractivity contribution in [1.29, 1.82) is 0 Å². The molecule has 0 saturated heterocycles. The Morgan fingerprint density at radius 3 is 2.57 bits per heavy atom. The van der Waals surface area contributed by atoms with Crippen molar-refractivity contribution in [2.24, 2.45) is 4.99 Å². The van der Waals surface area contributed by atoms with E-state index in [-0.39, 0.29) is 24.0 Å². The number of hydrogen-bond acceptors (Lipinski definition) is 2. The summed E-state index contributed by atoms with van der Waals surface area (Å²) in [6, 6.07) is 6.23. The number of ether oxygens (including phenoxy) is 1. The van der Waals surface area contributed by atoms with Gasteiger partial charge in [-0.05, 0) is 36.6 Å². The van der Waals surface area contributed by atoms with Crippen LogP contribution < -0.4 is 15.4 Å². The molecule has 120 valence electrons. The SMILES string of the molecule is CCCCCNC(=NC)NCc1cc(C)cc(OC)c1.I. The molecule has 0 aliphatic carbocycles. The van der Waals surface area contributed by atoms with E-state index in [1.807, 2.05) is 12.1 Å². The topological polar surface area (TPSA) is 45.7 Å². The Bertz CT molecular complexity index is 436. The first-order chi connectivity index (χ1) is 9.69. The second-order valence-electron chi connectivity index (χ2n) is 4.92. The summed E-state index contributed by atoms with van der Waals surface area (Å²) >= 11 is 0. The summed E-state index contributed by atoms with van der Waals surface area (Å²) in [6.45, 7) is 5.98. The van der Waals surface area contributed by atoms with Crippen molar-refractivity contribution in [3.63, 3.8) is 0 Å². The van der Waals surface area contributed by atoms with Crippen molar-refractivity contribution < 1.29 is 4.74 Å². The summed E-state index contributed by atoms with van der Waals surface area (Å²) in [6.07, 6.45) is 3.66. The number of aliphatic imine (C=N–C) groups is 1. The third-order valence-electron chi connectivity index (χ3n) is 3.10. The first-order valence-corrected chi connectivity index (χ1v) is 7.28. The molecule has 0 aliphatic rings. The summed E-state index contributed by atoms with van der Waals surface area (Å²) in [5, 5.41) is 6.65. The molecule has 0 heterocycles. The van der Waals surface area contributed by atoms with Crippen LogP contribution in [0.1, 0.15) is 37.3 Å². The number of hydrogen-bond donors (Lipinski definition) is 2. The molecule has 0 aromatic heterocycles. The van der Waals surface area contributed by atoms with Gasteiger partial charge >= 0.3 is 0 Å². The molecule has 21 heavy (non-hydrogen) atoms. The molecule has 1 aromatic carbocycles. The highest BCUT2D eigenvalue weighted by molar-refractivity contribution is 14.0. The molecule has 1 rings (SSSR count). The lowest BCUT2D eigenvalue weighted by atomic mass is 10.1. The zero-order chi connectivity index (χ0) is 14.8. The number of guanidine groups is 1. The van der Waals surface area contributed by atoms with E-state index < -0.39 is 0 Å². The Hall–Kier alpha value is -0.980. The van der Waals surface area contributed by atoms with Gasteiger partial charge in [-0.2, -0.15) is 0 Å². The Kier molecular flexibility index (Phi) is 11.1. The van der Waals surface area contributed by atoms with Crippen molar-refractivity contribution in [1.82, 2.24) is 10.6 Å². The van der Waals surface area contributed by atoms with Crippen LogP contribution in [0.4, 0.5) is 0 Å². The molecule has 0 radical (unpaired) electrons. The fourth-order valence-electron chi connectivity index (χ4n) is 2.03. The van der Waals surface area contributed by atoms with Crippen molar-refractivity contribution in [2.75, 3.05) is 20.7 Å². The lowest BCUT2D eigenvalue weighted by Gasteiger charge is -2.13. The molecular formula is C16H28IN3O. The minimum Gasteiger partial charge on any atom is -0.497 e. The van der Waals surface area contributed by atoms with E-state index in [9.17, 15) is 0 Å². The molecule has 0 unspecified atom stereocenters. The predicted octanol–water partition coefficient (Wildman–Crippen LogP) is 3.48. The highest BCUT2D eigenvalue weighted by Crippen LogP contribution is 2.16. The van der Waals surface area contributed by atoms with E-state index in [4.69, 9.17) is 4.74 Å². The van der Waals surface area contributed by atoms with Crippen molar-refractivity contribution >= 4 is 29.9 Å². The van der Waals surface area contributed by atoms with E-state index >= 15 is 0 Å². The van der Waals surface area contributed by atoms with Crippen LogP contribution in [0.3, 0.4) is 0 Å². The summed E-state index contributed by atoms with van der Waals surface area (Å²) in [5.74, 6) is 1.74. The van der Waals surface area contributed by atoms with E-state index in [1.165, 1.54) is 30.4 Å². The number of methoxy groups -OCH3 is 1. The fraction of sp³-hybridized carbons (Fsp3) is 0.562. The number of unbranched alkanes of at least 4 members (excludes halogenated alkanes) is 2. The first kappa shape index (κ1) is 20.0. The molecule has 2 N–H and O–H groups in total. The largest absolute Gasteiger partial charge is 0.497 e. The van der Waals surface area contributed by atoms with Crippen LogP contribution in [0.25, 0.3) is 0 Å². The van der Waals surface area contributed by atoms with Gasteiger partial charge in [-0.1, -0.05) is 25.8 Å². The Labute approximate surface area is 145 Å². The monoisotopic (exact) mass is 405 g/mol. The van der Waals surface area contributed by atoms with Crippen molar-refractivity contribution in [2.45, 2.75) is 39.7 Å². The van der Waals surface area contributed by atoms with Crippen LogP contribution in [-0.2, 0) is 6.54 Å². The van der Waals surface area contributed by atoms with E-state index in [2.05, 4.69) is 35.5 Å². The summed E-state index contributed by atoms with van der Waals surface area (Å²) in [7, 11) is 3.49. The van der Waals surface area contributed by atoms with Gasteiger partial charge in [0.25, 0.3) is 0 Å². The zero-order valence-electron chi connectivity index (χ0n) is 13.5. The molecule has 0 atom stereocenters. The molecule has 0 aliphatic heterocycles. The maximum atomic E-state index is 5.29. The second kappa shape index (κ2) is 11.7. The molecule has 0 spiro atoms. The lowest BCUT2D eigenvalue weighted by Crippen LogP contribution is -2.37. The van der Waals surface area contributed by atoms with Crippen LogP contribution in [0.15, 0.2) is 23.2 Å². The summed E-state index contributed by atoms with van der Waals surface area (Å²) in [5.41, 5.74) is 2.39. The van der Waals surface area contributed by atoms with Gasteiger partial charge in [0.05, 0.1) is 7.11 Å². The van der Waals surface area contributed by atoms with Crippen LogP contribution in [0.2, 0.25) is 0 Å². The van der Waals surface area contributed by atoms with E-state index in [1.54, 1.807) is 14.2 Å². The fourth-order valence-corrected chi connectivity index (χ4v) is 2.03. The molecule has 5 heteroatoms. The second-order valence-corrected chi connectivity index (χ2v) is 4.92. The maximum absolute atomic E-state index is 5.29. The van der Waals surface area contributed by atoms with Crippen molar-refractivity contribution in [3.05, 3.63) is 29.3 Å². The molecule has 0 fully saturated rings. The van der Waals surface area contributed by atoms with Gasteiger partial charge in [0.2, 0.25) is 0 Å². The molecule has 0 saturated carbocycles. The van der Waals surface area contributed by atoms with Crippen LogP contribution in [-0.4, -0.2) is 26.7 Å². The number of benzene rings is 1. The van der Waals surface area contributed by atoms with E-state index in [0.29, 0.717) is 0 Å². The maximum Gasteiger partial charge on any atom is 0.191 e. The number of nitrogens with one attached hydrogen (secondary N) is 2. The molecule has 1 aromatic rings. The quantitative estimate of drug-likeness (QED) is 0.316. The van der Waals surface area contributed by atoms with Crippen molar-refractivity contribution in [3.8, 4) is 5.75 Å². The van der Waals surface area contributed by atoms with Gasteiger partial charge in [-0.3, -0.25) is 4.99 Å². The zero-order valence-corrected chi connectivity index (χ0v) is 15.9. The third-order valence-corrected chi connectivity index (χ3v) is 3.10. The third kappa shape index (κ3) is 8.14. The summed E-state index contributed by atoms with van der Waals surface area (Å²) in [4.78, 5) is 4.23. The van der Waals surface area contributed by atoms with Crippen LogP contribution >= 0.6 is 24.0 Å². The minimum absolute atomic E-state index is 0. The standard InChI is InChI=1S/C16H27N3O.HI/c1-5-6-7-8-18-16(17-3)19-12-14-9-13(2)10-15(11-14)20-4;/h9-11H,5-8,12H2,1-4H3,(H2,17,18,19);1H. The lowest BCUT2D eigenvalue weighted by molar-refractivity contribution is 0.414. The highest BCUT2D eigenvalue weighted by atomic mass is 127. The van der Waals surface area contributed by atoms with Crippen LogP contribution in [0, 0.1) is 6.92 Å². The predicted molar refractivity (Wildman–Crippen MR) is 101 cm³/mol. The number of nitrogens with zero attached hydrogens (tertiary/aromatic N) is 1. The number of rotatable bonds is 7. The molecule has 0 amide bonds. The Balaban J connectivity index is 0.00000400. The number of halogens is 1. The van der Waals surface area contributed by atoms with Gasteiger partial charge in [-0.15, -0.1) is 24.0 Å². The van der Waals surface area contributed by atoms with Gasteiger partial charge in [0.15, 0.2) is 5.96 Å². The van der Waals surface area contributed by atoms with Gasteiger partial charge in [0, 0.05) is 20.1 Å². The molecule has 0 bridgehead atoms. The Morgan fingerprint density at radius 2 is 1.95 bits per heavy atom. The molecular weight excluding hydrogens is 377 g/mol.